The molecule has 3 rings (SSSR count). The molecule has 0 amide bonds. The van der Waals surface area contributed by atoms with Crippen molar-refractivity contribution in [2.75, 3.05) is 0 Å². The van der Waals surface area contributed by atoms with E-state index in [0.29, 0.717) is 11.3 Å². The molecular weight excluding hydrogens is 298 g/mol. The van der Waals surface area contributed by atoms with Crippen molar-refractivity contribution in [3.05, 3.63) is 57.1 Å². The molecule has 2 heterocycles. The summed E-state index contributed by atoms with van der Waals surface area (Å²) >= 11 is 13.1. The Balaban J connectivity index is 2.05. The van der Waals surface area contributed by atoms with Crippen molar-refractivity contribution in [2.24, 2.45) is 0 Å². The Kier molecular flexibility index (Phi) is 3.50. The minimum atomic E-state index is 0.600. The van der Waals surface area contributed by atoms with Crippen LogP contribution in [0.5, 0.6) is 0 Å². The van der Waals surface area contributed by atoms with Crippen LogP contribution >= 0.6 is 35.2 Å². The predicted octanol–water partition coefficient (Wildman–Crippen LogP) is 4.37. The fourth-order valence-corrected chi connectivity index (χ4v) is 2.97. The minimum absolute atomic E-state index is 0.600. The van der Waals surface area contributed by atoms with Gasteiger partial charge in [-0.1, -0.05) is 35.9 Å². The van der Waals surface area contributed by atoms with Gasteiger partial charge < -0.3 is 0 Å². The second-order valence-electron chi connectivity index (χ2n) is 4.01. The lowest BCUT2D eigenvalue weighted by molar-refractivity contribution is 0.792. The van der Waals surface area contributed by atoms with Gasteiger partial charge in [0.1, 0.15) is 0 Å². The number of H-pyrrole nitrogens is 1. The summed E-state index contributed by atoms with van der Waals surface area (Å²) < 4.78 is 2.56. The zero-order valence-corrected chi connectivity index (χ0v) is 12.2. The van der Waals surface area contributed by atoms with Crippen molar-refractivity contribution in [1.29, 1.82) is 0 Å². The molecule has 6 heteroatoms. The molecule has 0 atom stereocenters. The molecule has 0 saturated heterocycles. The molecule has 0 aliphatic heterocycles. The van der Waals surface area contributed by atoms with E-state index in [-0.39, 0.29) is 0 Å². The Labute approximate surface area is 124 Å². The lowest BCUT2D eigenvalue weighted by Gasteiger charge is -2.07. The first-order valence-electron chi connectivity index (χ1n) is 5.68. The van der Waals surface area contributed by atoms with E-state index in [1.165, 1.54) is 0 Å². The topological polar surface area (TPSA) is 33.6 Å². The highest BCUT2D eigenvalue weighted by molar-refractivity contribution is 7.71. The lowest BCUT2D eigenvalue weighted by atomic mass is 10.2. The molecule has 1 aromatic carbocycles. The molecule has 96 valence electrons. The van der Waals surface area contributed by atoms with Crippen molar-refractivity contribution in [2.45, 2.75) is 6.54 Å². The van der Waals surface area contributed by atoms with Gasteiger partial charge in [0.05, 0.1) is 11.4 Å². The summed E-state index contributed by atoms with van der Waals surface area (Å²) in [6.07, 6.45) is 0. The third-order valence-electron chi connectivity index (χ3n) is 2.79. The molecule has 1 N–H and O–H groups in total. The quantitative estimate of drug-likeness (QED) is 0.729. The molecule has 0 unspecified atom stereocenters. The standard InChI is InChI=1S/C13H10ClN3S2/c14-10-5-2-1-4-9(10)8-17-12(15-16-13(17)18)11-6-3-7-19-11/h1-7H,8H2,(H,16,18). The molecule has 19 heavy (non-hydrogen) atoms. The molecule has 0 fully saturated rings. The summed E-state index contributed by atoms with van der Waals surface area (Å²) in [5, 5.41) is 9.90. The van der Waals surface area contributed by atoms with Crippen LogP contribution in [0, 0.1) is 4.77 Å². The van der Waals surface area contributed by atoms with Crippen molar-refractivity contribution >= 4 is 35.2 Å². The number of hydrogen-bond donors (Lipinski definition) is 1. The SMILES string of the molecule is S=c1[nH]nc(-c2cccs2)n1Cc1ccccc1Cl. The third kappa shape index (κ3) is 2.49. The van der Waals surface area contributed by atoms with Crippen molar-refractivity contribution < 1.29 is 0 Å². The maximum atomic E-state index is 6.20. The first-order chi connectivity index (χ1) is 9.25. The van der Waals surface area contributed by atoms with Crippen LogP contribution in [0.4, 0.5) is 0 Å². The minimum Gasteiger partial charge on any atom is -0.295 e. The van der Waals surface area contributed by atoms with Crippen LogP contribution < -0.4 is 0 Å². The molecule has 0 aliphatic rings. The molecule has 2 aromatic heterocycles. The highest BCUT2D eigenvalue weighted by Gasteiger charge is 2.11. The zero-order chi connectivity index (χ0) is 13.2. The maximum absolute atomic E-state index is 6.20. The Bertz CT molecular complexity index is 743. The van der Waals surface area contributed by atoms with Crippen LogP contribution in [0.3, 0.4) is 0 Å². The Hall–Kier alpha value is -1.43. The first kappa shape index (κ1) is 12.6. The van der Waals surface area contributed by atoms with Gasteiger partial charge in [0.25, 0.3) is 0 Å². The van der Waals surface area contributed by atoms with E-state index in [1.54, 1.807) is 11.3 Å². The number of nitrogens with one attached hydrogen (secondary N) is 1. The number of hydrogen-bond acceptors (Lipinski definition) is 3. The van der Waals surface area contributed by atoms with Crippen molar-refractivity contribution in [3.63, 3.8) is 0 Å². The monoisotopic (exact) mass is 307 g/mol. The van der Waals surface area contributed by atoms with Gasteiger partial charge in [-0.2, -0.15) is 5.10 Å². The molecule has 3 nitrogen and oxygen atoms in total. The number of aromatic nitrogens is 3. The highest BCUT2D eigenvalue weighted by atomic mass is 35.5. The van der Waals surface area contributed by atoms with E-state index in [1.807, 2.05) is 46.3 Å². The highest BCUT2D eigenvalue weighted by Crippen LogP contribution is 2.24. The summed E-state index contributed by atoms with van der Waals surface area (Å²) in [6, 6.07) is 11.8. The Morgan fingerprint density at radius 1 is 1.26 bits per heavy atom. The Morgan fingerprint density at radius 2 is 2.11 bits per heavy atom. The van der Waals surface area contributed by atoms with Crippen LogP contribution in [0.2, 0.25) is 5.02 Å². The van der Waals surface area contributed by atoms with Crippen LogP contribution in [0.1, 0.15) is 5.56 Å². The molecule has 0 spiro atoms. The Morgan fingerprint density at radius 3 is 2.84 bits per heavy atom. The smallest absolute Gasteiger partial charge is 0.195 e. The van der Waals surface area contributed by atoms with Crippen LogP contribution in [-0.2, 0) is 6.54 Å². The third-order valence-corrected chi connectivity index (χ3v) is 4.33. The average molecular weight is 308 g/mol. The summed E-state index contributed by atoms with van der Waals surface area (Å²) in [6.45, 7) is 0.613. The van der Waals surface area contributed by atoms with Gasteiger partial charge in [-0.15, -0.1) is 11.3 Å². The van der Waals surface area contributed by atoms with Crippen molar-refractivity contribution in [3.8, 4) is 10.7 Å². The summed E-state index contributed by atoms with van der Waals surface area (Å²) in [5.74, 6) is 0.847. The fourth-order valence-electron chi connectivity index (χ4n) is 1.86. The van der Waals surface area contributed by atoms with E-state index in [9.17, 15) is 0 Å². The second kappa shape index (κ2) is 5.28. The molecule has 0 bridgehead atoms. The number of benzene rings is 1. The van der Waals surface area contributed by atoms with E-state index in [4.69, 9.17) is 23.8 Å². The van der Waals surface area contributed by atoms with Gasteiger partial charge in [0, 0.05) is 5.02 Å². The number of thiophene rings is 1. The second-order valence-corrected chi connectivity index (χ2v) is 5.75. The lowest BCUT2D eigenvalue weighted by Crippen LogP contribution is -2.02. The normalized spacial score (nSPS) is 10.8. The summed E-state index contributed by atoms with van der Waals surface area (Å²) in [7, 11) is 0. The number of aromatic amines is 1. The largest absolute Gasteiger partial charge is 0.295 e. The van der Waals surface area contributed by atoms with Gasteiger partial charge in [-0.3, -0.25) is 9.67 Å². The van der Waals surface area contributed by atoms with Gasteiger partial charge >= 0.3 is 0 Å². The molecule has 0 saturated carbocycles. The maximum Gasteiger partial charge on any atom is 0.195 e. The number of rotatable bonds is 3. The van der Waals surface area contributed by atoms with E-state index in [0.717, 1.165) is 21.3 Å². The van der Waals surface area contributed by atoms with Gasteiger partial charge in [-0.05, 0) is 35.3 Å². The molecule has 0 aliphatic carbocycles. The number of halogens is 1. The van der Waals surface area contributed by atoms with Gasteiger partial charge in [-0.25, -0.2) is 0 Å². The van der Waals surface area contributed by atoms with Crippen LogP contribution in [-0.4, -0.2) is 14.8 Å². The average Bonchev–Trinajstić information content (AvgIpc) is 3.03. The first-order valence-corrected chi connectivity index (χ1v) is 7.35. The van der Waals surface area contributed by atoms with Gasteiger partial charge in [0.2, 0.25) is 0 Å². The van der Waals surface area contributed by atoms with E-state index in [2.05, 4.69) is 10.2 Å². The molecule has 0 radical (unpaired) electrons. The fraction of sp³-hybridized carbons (Fsp3) is 0.0769. The number of nitrogens with zero attached hydrogens (tertiary/aromatic N) is 2. The van der Waals surface area contributed by atoms with Gasteiger partial charge in [0.15, 0.2) is 10.6 Å². The zero-order valence-electron chi connectivity index (χ0n) is 9.84. The summed E-state index contributed by atoms with van der Waals surface area (Å²) in [5.41, 5.74) is 1.03. The molecular formula is C13H10ClN3S2. The van der Waals surface area contributed by atoms with Crippen LogP contribution in [0.15, 0.2) is 41.8 Å². The van der Waals surface area contributed by atoms with Crippen LogP contribution in [0.25, 0.3) is 10.7 Å². The van der Waals surface area contributed by atoms with E-state index >= 15 is 0 Å². The predicted molar refractivity (Wildman–Crippen MR) is 81.3 cm³/mol. The van der Waals surface area contributed by atoms with Crippen molar-refractivity contribution in [1.82, 2.24) is 14.8 Å². The molecule has 3 aromatic rings. The summed E-state index contributed by atoms with van der Waals surface area (Å²) in [4.78, 5) is 1.08. The van der Waals surface area contributed by atoms with E-state index < -0.39 is 0 Å².